The molecule has 11 nitrogen and oxygen atoms in total. The number of ether oxygens (including phenoxy) is 2. The molecular formula is C29H42N6O5S. The Morgan fingerprint density at radius 1 is 1.22 bits per heavy atom. The number of aliphatic hydroxyl groups is 2. The molecule has 7 N–H and O–H groups in total. The Hall–Kier alpha value is -3.02. The first-order valence-corrected chi connectivity index (χ1v) is 14.9. The van der Waals surface area contributed by atoms with Crippen LogP contribution in [0.5, 0.6) is 0 Å². The minimum Gasteiger partial charge on any atom is -0.400 e. The molecule has 1 fully saturated rings. The van der Waals surface area contributed by atoms with Crippen LogP contribution in [0.15, 0.2) is 53.2 Å². The van der Waals surface area contributed by atoms with E-state index in [1.54, 1.807) is 6.08 Å². The number of aliphatic hydroxyl groups excluding tert-OH is 2. The number of allylic oxidation sites excluding steroid dienone is 1. The second-order valence-corrected chi connectivity index (χ2v) is 11.3. The molecule has 41 heavy (non-hydrogen) atoms. The van der Waals surface area contributed by atoms with Crippen LogP contribution in [0.1, 0.15) is 38.7 Å². The monoisotopic (exact) mass is 586 g/mol. The number of rotatable bonds is 14. The summed E-state index contributed by atoms with van der Waals surface area (Å²) in [6.45, 7) is 6.38. The van der Waals surface area contributed by atoms with Gasteiger partial charge in [-0.3, -0.25) is 0 Å². The Morgan fingerprint density at radius 3 is 2.56 bits per heavy atom. The van der Waals surface area contributed by atoms with Crippen molar-refractivity contribution in [2.24, 2.45) is 11.6 Å². The molecule has 0 aliphatic carbocycles. The van der Waals surface area contributed by atoms with Crippen molar-refractivity contribution < 1.29 is 23.9 Å². The van der Waals surface area contributed by atoms with E-state index in [2.05, 4.69) is 41.7 Å². The number of anilines is 1. The molecule has 3 unspecified atom stereocenters. The van der Waals surface area contributed by atoms with E-state index < -0.39 is 35.6 Å². The molecule has 12 heteroatoms. The van der Waals surface area contributed by atoms with Gasteiger partial charge in [0.05, 0.1) is 12.6 Å². The molecule has 0 saturated carbocycles. The minimum atomic E-state index is -1.82. The lowest BCUT2D eigenvalue weighted by molar-refractivity contribution is -0.244. The van der Waals surface area contributed by atoms with Gasteiger partial charge in [0.2, 0.25) is 0 Å². The van der Waals surface area contributed by atoms with Crippen LogP contribution in [-0.4, -0.2) is 77.3 Å². The standard InChI is InChI=1S/C29H42N6O5S/c1-4-10-34(11-5-2)24-9-8-21-12-20(6-7-22(21)14-24)13-25(16-30)41(38)33-17-23(31)18-35(32)19-27-29(37)26(36)15-28(39-3)40-27/h6-9,12-14,18,26-29,33,36-37H,4-5,10-11,15,17,19,31-32H2,1-3H3/b23-18-,25-13+/t26?,27?,28-,29-,41?/m0/s1. The lowest BCUT2D eigenvalue weighted by Gasteiger charge is -2.37. The van der Waals surface area contributed by atoms with E-state index in [0.29, 0.717) is 0 Å². The number of nitrogens with zero attached hydrogens (tertiary/aromatic N) is 3. The van der Waals surface area contributed by atoms with Crippen LogP contribution in [0.4, 0.5) is 5.69 Å². The van der Waals surface area contributed by atoms with Gasteiger partial charge in [-0.15, -0.1) is 0 Å². The number of methoxy groups -OCH3 is 1. The first kappa shape index (κ1) is 32.5. The van der Waals surface area contributed by atoms with E-state index in [4.69, 9.17) is 21.1 Å². The highest BCUT2D eigenvalue weighted by molar-refractivity contribution is 7.87. The van der Waals surface area contributed by atoms with Gasteiger partial charge in [-0.25, -0.2) is 14.8 Å². The van der Waals surface area contributed by atoms with E-state index in [1.807, 2.05) is 24.3 Å². The quantitative estimate of drug-likeness (QED) is 0.125. The third-order valence-corrected chi connectivity index (χ3v) is 7.75. The van der Waals surface area contributed by atoms with Crippen molar-refractivity contribution in [3.8, 4) is 6.07 Å². The lowest BCUT2D eigenvalue weighted by atomic mass is 10.0. The first-order chi connectivity index (χ1) is 19.7. The highest BCUT2D eigenvalue weighted by atomic mass is 32.2. The second-order valence-electron chi connectivity index (χ2n) is 10.0. The van der Waals surface area contributed by atoms with Crippen molar-refractivity contribution in [1.29, 1.82) is 5.26 Å². The molecule has 5 atom stereocenters. The number of fused-ring (bicyclic) bond motifs is 1. The summed E-state index contributed by atoms with van der Waals surface area (Å²) in [5.41, 5.74) is 8.22. The fourth-order valence-corrected chi connectivity index (χ4v) is 5.47. The molecule has 2 aromatic rings. The number of nitriles is 1. The normalized spacial score (nSPS) is 22.4. The molecule has 1 saturated heterocycles. The Morgan fingerprint density at radius 2 is 1.90 bits per heavy atom. The van der Waals surface area contributed by atoms with E-state index in [9.17, 15) is 19.7 Å². The van der Waals surface area contributed by atoms with Crippen LogP contribution in [0.25, 0.3) is 16.8 Å². The molecule has 3 rings (SSSR count). The van der Waals surface area contributed by atoms with Crippen molar-refractivity contribution in [3.05, 3.63) is 58.8 Å². The maximum absolute atomic E-state index is 12.8. The summed E-state index contributed by atoms with van der Waals surface area (Å²) in [5, 5.41) is 33.2. The molecule has 1 aliphatic heterocycles. The topological polar surface area (TPSA) is 170 Å². The van der Waals surface area contributed by atoms with Crippen LogP contribution in [0.3, 0.4) is 0 Å². The van der Waals surface area contributed by atoms with Crippen molar-refractivity contribution in [2.45, 2.75) is 57.7 Å². The number of nitrogens with two attached hydrogens (primary N) is 2. The Bertz CT molecular complexity index is 1280. The molecule has 2 aromatic carbocycles. The van der Waals surface area contributed by atoms with Crippen LogP contribution in [0.2, 0.25) is 0 Å². The van der Waals surface area contributed by atoms with Crippen molar-refractivity contribution >= 4 is 33.5 Å². The van der Waals surface area contributed by atoms with Gasteiger partial charge in [-0.05, 0) is 53.5 Å². The molecule has 224 valence electrons. The molecule has 0 spiro atoms. The predicted molar refractivity (Wildman–Crippen MR) is 162 cm³/mol. The van der Waals surface area contributed by atoms with E-state index in [1.165, 1.54) is 24.0 Å². The van der Waals surface area contributed by atoms with Crippen molar-refractivity contribution in [3.63, 3.8) is 0 Å². The maximum Gasteiger partial charge on any atom is 0.160 e. The Balaban J connectivity index is 1.62. The zero-order chi connectivity index (χ0) is 29.9. The number of benzene rings is 2. The van der Waals surface area contributed by atoms with Gasteiger partial charge in [0.1, 0.15) is 34.2 Å². The summed E-state index contributed by atoms with van der Waals surface area (Å²) in [6, 6.07) is 14.2. The number of nitrogens with one attached hydrogen (secondary N) is 1. The highest BCUT2D eigenvalue weighted by Crippen LogP contribution is 2.25. The Kier molecular flexibility index (Phi) is 12.6. The SMILES string of the molecule is CCCN(CCC)c1ccc2cc(/C=C(\C#N)S(=O)NC/C(N)=C/N(N)CC3O[C@H](OC)CC(O)[C@@H]3O)ccc2c1. The van der Waals surface area contributed by atoms with Crippen LogP contribution in [0, 0.1) is 11.3 Å². The zero-order valence-electron chi connectivity index (χ0n) is 23.9. The number of hydrazine groups is 1. The van der Waals surface area contributed by atoms with Gasteiger partial charge in [0.25, 0.3) is 0 Å². The first-order valence-electron chi connectivity index (χ1n) is 13.8. The predicted octanol–water partition coefficient (Wildman–Crippen LogP) is 2.04. The van der Waals surface area contributed by atoms with Gasteiger partial charge >= 0.3 is 0 Å². The Labute approximate surface area is 244 Å². The summed E-state index contributed by atoms with van der Waals surface area (Å²) < 4.78 is 26.3. The maximum atomic E-state index is 12.8. The second kappa shape index (κ2) is 15.8. The van der Waals surface area contributed by atoms with Crippen LogP contribution >= 0.6 is 0 Å². The average Bonchev–Trinajstić information content (AvgIpc) is 2.96. The lowest BCUT2D eigenvalue weighted by Crippen LogP contribution is -2.53. The third-order valence-electron chi connectivity index (χ3n) is 6.74. The highest BCUT2D eigenvalue weighted by Gasteiger charge is 2.37. The summed E-state index contributed by atoms with van der Waals surface area (Å²) in [4.78, 5) is 2.43. The molecule has 0 bridgehead atoms. The largest absolute Gasteiger partial charge is 0.400 e. The summed E-state index contributed by atoms with van der Waals surface area (Å²) >= 11 is 0. The van der Waals surface area contributed by atoms with Gasteiger partial charge in [0, 0.05) is 50.7 Å². The molecule has 0 amide bonds. The van der Waals surface area contributed by atoms with E-state index in [-0.39, 0.29) is 30.1 Å². The van der Waals surface area contributed by atoms with Crippen molar-refractivity contribution in [1.82, 2.24) is 9.73 Å². The summed E-state index contributed by atoms with van der Waals surface area (Å²) in [6.07, 6.45) is 1.71. The van der Waals surface area contributed by atoms with Crippen LogP contribution in [-0.2, 0) is 20.5 Å². The van der Waals surface area contributed by atoms with Crippen LogP contribution < -0.4 is 21.2 Å². The van der Waals surface area contributed by atoms with Gasteiger partial charge in [-0.1, -0.05) is 32.0 Å². The molecule has 1 heterocycles. The van der Waals surface area contributed by atoms with Gasteiger partial charge < -0.3 is 35.3 Å². The van der Waals surface area contributed by atoms with Gasteiger partial charge in [-0.2, -0.15) is 5.26 Å². The summed E-state index contributed by atoms with van der Waals surface area (Å²) in [5.74, 6) is 5.99. The average molecular weight is 587 g/mol. The smallest absolute Gasteiger partial charge is 0.160 e. The fraction of sp³-hybridized carbons (Fsp3) is 0.483. The number of hydrogen-bond acceptors (Lipinski definition) is 10. The van der Waals surface area contributed by atoms with Crippen molar-refractivity contribution in [2.75, 3.05) is 38.2 Å². The summed E-state index contributed by atoms with van der Waals surface area (Å²) in [7, 11) is -0.367. The molecule has 0 aromatic heterocycles. The molecule has 0 radical (unpaired) electrons. The minimum absolute atomic E-state index is 0.0107. The zero-order valence-corrected chi connectivity index (χ0v) is 24.7. The van der Waals surface area contributed by atoms with Gasteiger partial charge in [0.15, 0.2) is 6.29 Å². The van der Waals surface area contributed by atoms with E-state index in [0.717, 1.165) is 42.3 Å². The molecular weight excluding hydrogens is 544 g/mol. The third kappa shape index (κ3) is 9.24. The molecule has 1 aliphatic rings. The number of hydrogen-bond donors (Lipinski definition) is 5. The van der Waals surface area contributed by atoms with E-state index >= 15 is 0 Å². The fourth-order valence-electron chi connectivity index (χ4n) is 4.69.